The molecule has 1 fully saturated rings. The molecule has 4 nitrogen and oxygen atoms in total. The first-order valence-electron chi connectivity index (χ1n) is 7.76. The second-order valence-electron chi connectivity index (χ2n) is 5.82. The highest BCUT2D eigenvalue weighted by molar-refractivity contribution is 6.32. The monoisotopic (exact) mass is 319 g/mol. The number of aryl methyl sites for hydroxylation is 1. The summed E-state index contributed by atoms with van der Waals surface area (Å²) < 4.78 is 5.40. The van der Waals surface area contributed by atoms with E-state index in [9.17, 15) is 0 Å². The minimum atomic E-state index is 0.460. The first-order valence-corrected chi connectivity index (χ1v) is 8.14. The maximum Gasteiger partial charge on any atom is 0.126 e. The highest BCUT2D eigenvalue weighted by atomic mass is 35.5. The van der Waals surface area contributed by atoms with Crippen LogP contribution >= 0.6 is 11.6 Å². The fourth-order valence-corrected chi connectivity index (χ4v) is 2.96. The smallest absolute Gasteiger partial charge is 0.126 e. The minimum Gasteiger partial charge on any atom is -0.379 e. The maximum absolute atomic E-state index is 6.19. The third-order valence-electron chi connectivity index (χ3n) is 4.30. The molecule has 118 valence electrons. The number of morpholine rings is 1. The lowest BCUT2D eigenvalue weighted by molar-refractivity contribution is 0.0227. The third kappa shape index (κ3) is 3.35. The molecule has 0 radical (unpaired) electrons. The Balaban J connectivity index is 1.69. The van der Waals surface area contributed by atoms with Crippen molar-refractivity contribution in [2.24, 2.45) is 0 Å². The molecule has 0 saturated carbocycles. The fraction of sp³-hybridized carbons (Fsp3) is 0.471. The van der Waals surface area contributed by atoms with Gasteiger partial charge in [-0.2, -0.15) is 0 Å². The predicted molar refractivity (Wildman–Crippen MR) is 91.8 cm³/mol. The first kappa shape index (κ1) is 15.5. The molecule has 1 aliphatic rings. The maximum atomic E-state index is 6.19. The van der Waals surface area contributed by atoms with Crippen molar-refractivity contribution in [3.63, 3.8) is 0 Å². The van der Waals surface area contributed by atoms with Crippen molar-refractivity contribution < 1.29 is 4.74 Å². The lowest BCUT2D eigenvalue weighted by atomic mass is 10.1. The number of pyridine rings is 1. The van der Waals surface area contributed by atoms with E-state index in [1.165, 1.54) is 0 Å². The largest absolute Gasteiger partial charge is 0.379 e. The molecule has 1 aliphatic heterocycles. The van der Waals surface area contributed by atoms with Crippen LogP contribution in [-0.4, -0.2) is 48.8 Å². The number of hydrogen-bond acceptors (Lipinski definition) is 4. The summed E-state index contributed by atoms with van der Waals surface area (Å²) in [5.74, 6) is 0.901. The van der Waals surface area contributed by atoms with Crippen molar-refractivity contribution in [1.82, 2.24) is 9.88 Å². The molecular formula is C17H22ClN3O. The van der Waals surface area contributed by atoms with Gasteiger partial charge in [-0.15, -0.1) is 0 Å². The summed E-state index contributed by atoms with van der Waals surface area (Å²) in [6, 6.07) is 8.52. The lowest BCUT2D eigenvalue weighted by Crippen LogP contribution is -2.45. The predicted octanol–water partition coefficient (Wildman–Crippen LogP) is 3.33. The number of benzene rings is 1. The van der Waals surface area contributed by atoms with Gasteiger partial charge in [0.25, 0.3) is 0 Å². The van der Waals surface area contributed by atoms with Crippen LogP contribution in [0.4, 0.5) is 5.82 Å². The number of anilines is 1. The highest BCUT2D eigenvalue weighted by Crippen LogP contribution is 2.25. The van der Waals surface area contributed by atoms with E-state index in [-0.39, 0.29) is 0 Å². The van der Waals surface area contributed by atoms with Gasteiger partial charge in [0.15, 0.2) is 0 Å². The number of ether oxygens (including phenoxy) is 1. The van der Waals surface area contributed by atoms with Crippen molar-refractivity contribution in [2.75, 3.05) is 38.2 Å². The number of nitrogens with zero attached hydrogens (tertiary/aromatic N) is 2. The fourth-order valence-electron chi connectivity index (χ4n) is 2.80. The van der Waals surface area contributed by atoms with E-state index in [1.807, 2.05) is 25.1 Å². The van der Waals surface area contributed by atoms with Crippen LogP contribution in [0.5, 0.6) is 0 Å². The molecule has 1 N–H and O–H groups in total. The molecule has 0 amide bonds. The van der Waals surface area contributed by atoms with Crippen LogP contribution in [-0.2, 0) is 4.74 Å². The summed E-state index contributed by atoms with van der Waals surface area (Å²) in [6.07, 6.45) is 0. The van der Waals surface area contributed by atoms with E-state index >= 15 is 0 Å². The van der Waals surface area contributed by atoms with Crippen molar-refractivity contribution in [2.45, 2.75) is 19.9 Å². The summed E-state index contributed by atoms with van der Waals surface area (Å²) in [4.78, 5) is 7.16. The molecule has 1 unspecified atom stereocenters. The zero-order chi connectivity index (χ0) is 15.5. The third-order valence-corrected chi connectivity index (χ3v) is 4.71. The number of fused-ring (bicyclic) bond motifs is 1. The molecule has 0 aliphatic carbocycles. The van der Waals surface area contributed by atoms with E-state index in [1.54, 1.807) is 0 Å². The van der Waals surface area contributed by atoms with Crippen LogP contribution in [0.3, 0.4) is 0 Å². The Morgan fingerprint density at radius 2 is 2.00 bits per heavy atom. The van der Waals surface area contributed by atoms with Crippen molar-refractivity contribution in [3.8, 4) is 0 Å². The number of aromatic nitrogens is 1. The van der Waals surface area contributed by atoms with E-state index < -0.39 is 0 Å². The van der Waals surface area contributed by atoms with Gasteiger partial charge < -0.3 is 10.1 Å². The van der Waals surface area contributed by atoms with Gasteiger partial charge >= 0.3 is 0 Å². The van der Waals surface area contributed by atoms with Gasteiger partial charge in [0, 0.05) is 36.1 Å². The summed E-state index contributed by atoms with van der Waals surface area (Å²) in [7, 11) is 0. The molecule has 3 rings (SSSR count). The highest BCUT2D eigenvalue weighted by Gasteiger charge is 2.16. The summed E-state index contributed by atoms with van der Waals surface area (Å²) in [6.45, 7) is 8.79. The second kappa shape index (κ2) is 6.82. The Morgan fingerprint density at radius 3 is 2.77 bits per heavy atom. The normalized spacial score (nSPS) is 17.6. The molecule has 1 aromatic heterocycles. The zero-order valence-corrected chi connectivity index (χ0v) is 13.9. The number of hydrogen-bond donors (Lipinski definition) is 1. The zero-order valence-electron chi connectivity index (χ0n) is 13.1. The number of nitrogens with one attached hydrogen (secondary N) is 1. The molecular weight excluding hydrogens is 298 g/mol. The van der Waals surface area contributed by atoms with Crippen molar-refractivity contribution in [1.29, 1.82) is 0 Å². The Kier molecular flexibility index (Phi) is 4.81. The first-order chi connectivity index (χ1) is 10.6. The van der Waals surface area contributed by atoms with Crippen LogP contribution < -0.4 is 5.32 Å². The summed E-state index contributed by atoms with van der Waals surface area (Å²) in [5, 5.41) is 5.33. The molecule has 0 spiro atoms. The molecule has 2 aromatic rings. The van der Waals surface area contributed by atoms with Crippen LogP contribution in [0, 0.1) is 6.92 Å². The average Bonchev–Trinajstić information content (AvgIpc) is 2.57. The number of halogens is 1. The van der Waals surface area contributed by atoms with Crippen LogP contribution in [0.25, 0.3) is 10.9 Å². The molecule has 1 saturated heterocycles. The molecule has 2 heterocycles. The van der Waals surface area contributed by atoms with Crippen molar-refractivity contribution >= 4 is 28.3 Å². The topological polar surface area (TPSA) is 37.4 Å². The number of rotatable bonds is 4. The van der Waals surface area contributed by atoms with Gasteiger partial charge in [-0.05, 0) is 37.6 Å². The molecule has 1 aromatic carbocycles. The molecule has 5 heteroatoms. The quantitative estimate of drug-likeness (QED) is 0.938. The van der Waals surface area contributed by atoms with Gasteiger partial charge in [-0.25, -0.2) is 4.98 Å². The van der Waals surface area contributed by atoms with Crippen LogP contribution in [0.15, 0.2) is 24.3 Å². The van der Waals surface area contributed by atoms with Crippen molar-refractivity contribution in [3.05, 3.63) is 34.9 Å². The molecule has 1 atom stereocenters. The molecule has 0 bridgehead atoms. The van der Waals surface area contributed by atoms with Crippen LogP contribution in [0.2, 0.25) is 5.02 Å². The Labute approximate surface area is 136 Å². The average molecular weight is 320 g/mol. The van der Waals surface area contributed by atoms with E-state index in [4.69, 9.17) is 21.3 Å². The van der Waals surface area contributed by atoms with Gasteiger partial charge in [0.1, 0.15) is 5.82 Å². The second-order valence-corrected chi connectivity index (χ2v) is 6.23. The van der Waals surface area contributed by atoms with Gasteiger partial charge in [0.2, 0.25) is 0 Å². The Hall–Kier alpha value is -1.36. The minimum absolute atomic E-state index is 0.460. The molecule has 22 heavy (non-hydrogen) atoms. The van der Waals surface area contributed by atoms with Gasteiger partial charge in [-0.3, -0.25) is 4.90 Å². The van der Waals surface area contributed by atoms with E-state index in [0.29, 0.717) is 6.04 Å². The Morgan fingerprint density at radius 1 is 1.27 bits per heavy atom. The van der Waals surface area contributed by atoms with Gasteiger partial charge in [-0.1, -0.05) is 17.7 Å². The van der Waals surface area contributed by atoms with E-state index in [2.05, 4.69) is 23.2 Å². The Bertz CT molecular complexity index is 656. The SMILES string of the molecule is Cc1c(Cl)ccc2ccc(NCC(C)N3CCOCC3)nc12. The summed E-state index contributed by atoms with van der Waals surface area (Å²) in [5.41, 5.74) is 2.00. The van der Waals surface area contributed by atoms with Gasteiger partial charge in [0.05, 0.1) is 18.7 Å². The lowest BCUT2D eigenvalue weighted by Gasteiger charge is -2.32. The van der Waals surface area contributed by atoms with E-state index in [0.717, 1.165) is 60.2 Å². The standard InChI is InChI=1S/C17H22ClN3O/c1-12(21-7-9-22-10-8-21)11-19-16-6-4-14-3-5-15(18)13(2)17(14)20-16/h3-6,12H,7-11H2,1-2H3,(H,19,20). The summed E-state index contributed by atoms with van der Waals surface area (Å²) >= 11 is 6.19. The van der Waals surface area contributed by atoms with Crippen LogP contribution in [0.1, 0.15) is 12.5 Å².